The van der Waals surface area contributed by atoms with Crippen LogP contribution in [-0.4, -0.2) is 0 Å². The molecule has 2 atom stereocenters. The second-order valence-electron chi connectivity index (χ2n) is 5.20. The third-order valence-electron chi connectivity index (χ3n) is 3.83. The van der Waals surface area contributed by atoms with Crippen molar-refractivity contribution in [1.29, 1.82) is 0 Å². The van der Waals surface area contributed by atoms with Crippen LogP contribution in [0.4, 0.5) is 0 Å². The van der Waals surface area contributed by atoms with Gasteiger partial charge in [-0.3, -0.25) is 0 Å². The Morgan fingerprint density at radius 3 is 2.47 bits per heavy atom. The first-order valence-electron chi connectivity index (χ1n) is 6.45. The van der Waals surface area contributed by atoms with Gasteiger partial charge in [0.1, 0.15) is 11.7 Å². The quantitative estimate of drug-likeness (QED) is 0.579. The number of hydrogen-bond donors (Lipinski definition) is 0. The number of aryl methyl sites for hydroxylation is 1. The molecule has 1 nitrogen and oxygen atoms in total. The third-order valence-corrected chi connectivity index (χ3v) is 3.83. The van der Waals surface area contributed by atoms with Crippen LogP contribution in [0.5, 0.6) is 0 Å². The lowest BCUT2D eigenvalue weighted by atomic mass is 9.91. The Morgan fingerprint density at radius 2 is 1.79 bits per heavy atom. The van der Waals surface area contributed by atoms with Crippen molar-refractivity contribution >= 4 is 0 Å². The summed E-state index contributed by atoms with van der Waals surface area (Å²) in [7, 11) is 0. The van der Waals surface area contributed by atoms with E-state index < -0.39 is 0 Å². The van der Waals surface area contributed by atoms with Crippen molar-refractivity contribution in [1.82, 2.24) is 0 Å². The summed E-state index contributed by atoms with van der Waals surface area (Å²) in [4.78, 5) is 0. The fourth-order valence-electron chi connectivity index (χ4n) is 2.53. The second kappa shape index (κ2) is 4.26. The summed E-state index contributed by atoms with van der Waals surface area (Å²) in [5, 5.41) is 0. The minimum absolute atomic E-state index is 0.0578. The van der Waals surface area contributed by atoms with Gasteiger partial charge in [0.2, 0.25) is 0 Å². The van der Waals surface area contributed by atoms with Gasteiger partial charge in [0.05, 0.1) is 0 Å². The van der Waals surface area contributed by atoms with E-state index in [1.807, 2.05) is 18.2 Å². The monoisotopic (exact) mass is 248 g/mol. The molecule has 1 heteroatoms. The highest BCUT2D eigenvalue weighted by molar-refractivity contribution is 5.46. The fourth-order valence-corrected chi connectivity index (χ4v) is 2.53. The molecular formula is C18H16O. The van der Waals surface area contributed by atoms with Gasteiger partial charge in [0.15, 0.2) is 0 Å². The molecule has 2 unspecified atom stereocenters. The van der Waals surface area contributed by atoms with Gasteiger partial charge in [-0.2, -0.15) is 0 Å². The minimum Gasteiger partial charge on any atom is -0.356 e. The fraction of sp³-hybridized carbons (Fsp3) is 0.222. The van der Waals surface area contributed by atoms with Crippen LogP contribution in [0, 0.1) is 19.3 Å². The van der Waals surface area contributed by atoms with Crippen molar-refractivity contribution in [3.63, 3.8) is 0 Å². The molecule has 3 rings (SSSR count). The molecule has 0 spiro atoms. The molecule has 0 saturated carbocycles. The van der Waals surface area contributed by atoms with Gasteiger partial charge in [0.25, 0.3) is 0 Å². The first kappa shape index (κ1) is 12.0. The molecule has 94 valence electrons. The van der Waals surface area contributed by atoms with Crippen LogP contribution in [0.25, 0.3) is 0 Å². The number of terminal acetylenes is 1. The molecule has 1 aliphatic rings. The van der Waals surface area contributed by atoms with Crippen molar-refractivity contribution < 1.29 is 4.74 Å². The Bertz CT molecular complexity index is 648. The van der Waals surface area contributed by atoms with Gasteiger partial charge in [-0.25, -0.2) is 0 Å². The Morgan fingerprint density at radius 1 is 1.11 bits per heavy atom. The number of benzene rings is 2. The summed E-state index contributed by atoms with van der Waals surface area (Å²) in [6, 6.07) is 16.5. The third kappa shape index (κ3) is 1.95. The molecule has 2 aromatic carbocycles. The lowest BCUT2D eigenvalue weighted by Crippen LogP contribution is -2.04. The molecule has 19 heavy (non-hydrogen) atoms. The number of ether oxygens (including phenoxy) is 1. The van der Waals surface area contributed by atoms with Gasteiger partial charge in [-0.1, -0.05) is 53.9 Å². The SMILES string of the molecule is C#Cc1ccccc1C1OC1(C)c1ccc(C)cc1. The standard InChI is InChI=1S/C18H16O/c1-4-14-7-5-6-8-16(14)17-18(3,19-17)15-11-9-13(2)10-12-15/h1,5-12,17H,2-3H3. The van der Waals surface area contributed by atoms with Gasteiger partial charge in [-0.15, -0.1) is 6.42 Å². The van der Waals surface area contributed by atoms with Crippen molar-refractivity contribution in [3.8, 4) is 12.3 Å². The highest BCUT2D eigenvalue weighted by atomic mass is 16.6. The van der Waals surface area contributed by atoms with Crippen LogP contribution in [0.3, 0.4) is 0 Å². The molecule has 0 bridgehead atoms. The molecule has 1 fully saturated rings. The van der Waals surface area contributed by atoms with E-state index in [2.05, 4.69) is 50.1 Å². The molecule has 1 aliphatic heterocycles. The summed E-state index contributed by atoms with van der Waals surface area (Å²) in [6.45, 7) is 4.21. The average Bonchev–Trinajstić information content (AvgIpc) is 3.12. The molecule has 0 aliphatic carbocycles. The van der Waals surface area contributed by atoms with Crippen LogP contribution < -0.4 is 0 Å². The predicted octanol–water partition coefficient (Wildman–Crippen LogP) is 3.96. The number of epoxide rings is 1. The zero-order valence-electron chi connectivity index (χ0n) is 11.2. The maximum atomic E-state index is 5.96. The Labute approximate surface area is 114 Å². The van der Waals surface area contributed by atoms with E-state index in [-0.39, 0.29) is 11.7 Å². The Balaban J connectivity index is 1.95. The highest BCUT2D eigenvalue weighted by Crippen LogP contribution is 2.57. The summed E-state index contributed by atoms with van der Waals surface area (Å²) < 4.78 is 5.96. The van der Waals surface area contributed by atoms with Crippen LogP contribution >= 0.6 is 0 Å². The van der Waals surface area contributed by atoms with Crippen LogP contribution in [-0.2, 0) is 10.3 Å². The van der Waals surface area contributed by atoms with Crippen LogP contribution in [0.2, 0.25) is 0 Å². The van der Waals surface area contributed by atoms with Gasteiger partial charge < -0.3 is 4.74 Å². The van der Waals surface area contributed by atoms with E-state index in [0.29, 0.717) is 0 Å². The lowest BCUT2D eigenvalue weighted by Gasteiger charge is -2.08. The molecule has 1 saturated heterocycles. The van der Waals surface area contributed by atoms with Crippen LogP contribution in [0.1, 0.15) is 35.3 Å². The largest absolute Gasteiger partial charge is 0.356 e. The summed E-state index contributed by atoms with van der Waals surface area (Å²) in [5.41, 5.74) is 4.24. The van der Waals surface area contributed by atoms with E-state index in [0.717, 1.165) is 11.1 Å². The number of hydrogen-bond acceptors (Lipinski definition) is 1. The second-order valence-corrected chi connectivity index (χ2v) is 5.20. The molecule has 0 aromatic heterocycles. The predicted molar refractivity (Wildman–Crippen MR) is 76.7 cm³/mol. The average molecular weight is 248 g/mol. The Hall–Kier alpha value is -2.04. The normalized spacial score (nSPS) is 24.8. The smallest absolute Gasteiger partial charge is 0.122 e. The van der Waals surface area contributed by atoms with E-state index in [1.165, 1.54) is 11.1 Å². The first-order valence-corrected chi connectivity index (χ1v) is 6.45. The Kier molecular flexibility index (Phi) is 2.69. The highest BCUT2D eigenvalue weighted by Gasteiger charge is 2.54. The van der Waals surface area contributed by atoms with Crippen molar-refractivity contribution in [2.45, 2.75) is 25.6 Å². The van der Waals surface area contributed by atoms with Crippen molar-refractivity contribution in [2.24, 2.45) is 0 Å². The molecular weight excluding hydrogens is 232 g/mol. The maximum absolute atomic E-state index is 5.96. The number of rotatable bonds is 2. The first-order chi connectivity index (χ1) is 9.15. The van der Waals surface area contributed by atoms with E-state index in [1.54, 1.807) is 0 Å². The lowest BCUT2D eigenvalue weighted by molar-refractivity contribution is 0.313. The molecule has 0 radical (unpaired) electrons. The van der Waals surface area contributed by atoms with E-state index in [4.69, 9.17) is 11.2 Å². The molecule has 0 amide bonds. The molecule has 0 N–H and O–H groups in total. The zero-order valence-corrected chi connectivity index (χ0v) is 11.2. The summed E-state index contributed by atoms with van der Waals surface area (Å²) in [5.74, 6) is 2.74. The molecule has 2 aromatic rings. The van der Waals surface area contributed by atoms with E-state index in [9.17, 15) is 0 Å². The van der Waals surface area contributed by atoms with Gasteiger partial charge >= 0.3 is 0 Å². The summed E-state index contributed by atoms with van der Waals surface area (Å²) >= 11 is 0. The maximum Gasteiger partial charge on any atom is 0.122 e. The van der Waals surface area contributed by atoms with Gasteiger partial charge in [0, 0.05) is 5.56 Å². The minimum atomic E-state index is -0.249. The summed E-state index contributed by atoms with van der Waals surface area (Å²) in [6.07, 6.45) is 5.62. The van der Waals surface area contributed by atoms with Gasteiger partial charge in [-0.05, 0) is 31.0 Å². The zero-order chi connectivity index (χ0) is 13.5. The van der Waals surface area contributed by atoms with Crippen molar-refractivity contribution in [2.75, 3.05) is 0 Å². The molecule has 1 heterocycles. The van der Waals surface area contributed by atoms with Crippen LogP contribution in [0.15, 0.2) is 48.5 Å². The van der Waals surface area contributed by atoms with E-state index >= 15 is 0 Å². The topological polar surface area (TPSA) is 12.5 Å². The van der Waals surface area contributed by atoms with Crippen molar-refractivity contribution in [3.05, 3.63) is 70.8 Å².